The van der Waals surface area contributed by atoms with E-state index in [1.807, 2.05) is 69.2 Å². The van der Waals surface area contributed by atoms with Crippen LogP contribution in [-0.2, 0) is 7.05 Å². The zero-order valence-electron chi connectivity index (χ0n) is 34.2. The molecule has 53 heavy (non-hydrogen) atoms. The van der Waals surface area contributed by atoms with Crippen LogP contribution in [0.3, 0.4) is 0 Å². The molecule has 0 fully saturated rings. The average molecular weight is 698 g/mol. The summed E-state index contributed by atoms with van der Waals surface area (Å²) in [5.41, 5.74) is 2.60. The number of fused-ring (bicyclic) bond motifs is 9. The molecule has 0 amide bonds. The smallest absolute Gasteiger partial charge is 0.0488 e. The minimum atomic E-state index is 1.30. The van der Waals surface area contributed by atoms with Crippen LogP contribution in [0.2, 0.25) is 0 Å². The van der Waals surface area contributed by atoms with Crippen LogP contribution >= 0.6 is 0 Å². The molecule has 0 N–H and O–H groups in total. The van der Waals surface area contributed by atoms with E-state index in [9.17, 15) is 0 Å². The van der Waals surface area contributed by atoms with Gasteiger partial charge in [0.2, 0.25) is 0 Å². The van der Waals surface area contributed by atoms with Crippen LogP contribution in [0.15, 0.2) is 121 Å². The van der Waals surface area contributed by atoms with Crippen LogP contribution in [-0.4, -0.2) is 4.57 Å². The van der Waals surface area contributed by atoms with Crippen LogP contribution < -0.4 is 0 Å². The minimum Gasteiger partial charge on any atom is -0.344 e. The summed E-state index contributed by atoms with van der Waals surface area (Å²) in [5, 5.41) is 10.7. The number of rotatable bonds is 0. The van der Waals surface area contributed by atoms with Crippen molar-refractivity contribution in [1.29, 1.82) is 0 Å². The summed E-state index contributed by atoms with van der Waals surface area (Å²) in [6.07, 6.45) is 14.1. The molecule has 0 saturated heterocycles. The Kier molecular flexibility index (Phi) is 29.2. The van der Waals surface area contributed by atoms with E-state index in [4.69, 9.17) is 19.3 Å². The summed E-state index contributed by atoms with van der Waals surface area (Å²) in [5.74, 6) is 15.7. The standard InChI is InChI=1S/C18H12.C13H11N.C6H2.C5H4.5C2H6/c1-2-8-14-13(7-1)15-9-3-4-11-17(15)18-12-6-5-10-16(14)18;1-14-12-8-4-2-6-10(12)11-7-3-5-9-13(11)14;1-3-5-6-4-2;1-3-5-4-2;5*1-2/h1-12H;2-9H,1H3;1-2H;1H,2H3;5*1-2H3. The topological polar surface area (TPSA) is 4.93 Å². The third-order valence-corrected chi connectivity index (χ3v) is 6.88. The molecule has 0 aliphatic carbocycles. The fourth-order valence-corrected chi connectivity index (χ4v) is 5.12. The Morgan fingerprint density at radius 2 is 0.547 bits per heavy atom. The van der Waals surface area contributed by atoms with Gasteiger partial charge in [0.25, 0.3) is 0 Å². The lowest BCUT2D eigenvalue weighted by Gasteiger charge is -2.09. The number of hydrogen-bond acceptors (Lipinski definition) is 0. The van der Waals surface area contributed by atoms with Crippen molar-refractivity contribution in [1.82, 2.24) is 4.57 Å². The lowest BCUT2D eigenvalue weighted by atomic mass is 9.95. The van der Waals surface area contributed by atoms with Crippen molar-refractivity contribution in [2.45, 2.75) is 76.2 Å². The molecule has 7 aromatic rings. The van der Waals surface area contributed by atoms with Crippen LogP contribution in [0.5, 0.6) is 0 Å². The van der Waals surface area contributed by atoms with Crippen molar-refractivity contribution >= 4 is 54.1 Å². The Morgan fingerprint density at radius 1 is 0.340 bits per heavy atom. The largest absolute Gasteiger partial charge is 0.344 e. The molecule has 0 aliphatic rings. The van der Waals surface area contributed by atoms with E-state index in [0.717, 1.165) is 0 Å². The molecule has 7 rings (SSSR count). The number of benzene rings is 6. The van der Waals surface area contributed by atoms with Crippen molar-refractivity contribution in [2.75, 3.05) is 0 Å². The van der Waals surface area contributed by atoms with Gasteiger partial charge in [-0.25, -0.2) is 0 Å². The van der Waals surface area contributed by atoms with Gasteiger partial charge in [-0.05, 0) is 86.9 Å². The normalized spacial score (nSPS) is 8.02. The molecular weight excluding hydrogens is 639 g/mol. The molecule has 272 valence electrons. The van der Waals surface area contributed by atoms with Gasteiger partial charge in [0.1, 0.15) is 0 Å². The third-order valence-electron chi connectivity index (χ3n) is 6.88. The Morgan fingerprint density at radius 3 is 0.736 bits per heavy atom. The molecule has 0 atom stereocenters. The van der Waals surface area contributed by atoms with Crippen molar-refractivity contribution in [2.24, 2.45) is 7.05 Å². The molecule has 6 aromatic carbocycles. The molecule has 1 heterocycles. The van der Waals surface area contributed by atoms with Gasteiger partial charge < -0.3 is 4.57 Å². The Balaban J connectivity index is 0. The van der Waals surface area contributed by atoms with Gasteiger partial charge >= 0.3 is 0 Å². The SMILES string of the molecule is C#CC#CC.C#CC#CC#C.CC.CC.CC.CC.CC.Cn1c2ccccc2c2ccccc21.c1ccc2c(c1)c1ccccc1c1ccccc21. The van der Waals surface area contributed by atoms with E-state index >= 15 is 0 Å². The highest BCUT2D eigenvalue weighted by atomic mass is 14.9. The van der Waals surface area contributed by atoms with Crippen LogP contribution in [0.1, 0.15) is 76.2 Å². The van der Waals surface area contributed by atoms with E-state index in [0.29, 0.717) is 0 Å². The van der Waals surface area contributed by atoms with Gasteiger partial charge in [-0.2, -0.15) is 0 Å². The van der Waals surface area contributed by atoms with Gasteiger partial charge in [0, 0.05) is 28.9 Å². The summed E-state index contributed by atoms with van der Waals surface area (Å²) in [7, 11) is 2.12. The van der Waals surface area contributed by atoms with Crippen LogP contribution in [0.25, 0.3) is 54.1 Å². The zero-order valence-corrected chi connectivity index (χ0v) is 34.2. The monoisotopic (exact) mass is 697 g/mol. The molecule has 1 aromatic heterocycles. The number of nitrogens with zero attached hydrogens (tertiary/aromatic N) is 1. The highest BCUT2D eigenvalue weighted by Crippen LogP contribution is 2.34. The quantitative estimate of drug-likeness (QED) is 0.110. The Labute approximate surface area is 322 Å². The summed E-state index contributed by atoms with van der Waals surface area (Å²) >= 11 is 0. The van der Waals surface area contributed by atoms with Crippen molar-refractivity contribution < 1.29 is 0 Å². The van der Waals surface area contributed by atoms with E-state index in [1.54, 1.807) is 6.92 Å². The van der Waals surface area contributed by atoms with Crippen molar-refractivity contribution in [3.05, 3.63) is 121 Å². The first-order chi connectivity index (χ1) is 26.2. The molecule has 0 unspecified atom stereocenters. The summed E-state index contributed by atoms with van der Waals surface area (Å²) in [6, 6.07) is 43.0. The molecule has 0 spiro atoms. The number of aromatic nitrogens is 1. The maximum absolute atomic E-state index is 4.72. The summed E-state index contributed by atoms with van der Waals surface area (Å²) < 4.78 is 2.24. The number of aryl methyl sites for hydroxylation is 1. The minimum absolute atomic E-state index is 1.30. The van der Waals surface area contributed by atoms with Gasteiger partial charge in [0.05, 0.1) is 0 Å². The second-order valence-electron chi connectivity index (χ2n) is 9.29. The molecule has 1 nitrogen and oxygen atoms in total. The number of hydrogen-bond donors (Lipinski definition) is 0. The lowest BCUT2D eigenvalue weighted by molar-refractivity contribution is 1.01. The number of para-hydroxylation sites is 2. The first kappa shape index (κ1) is 48.8. The maximum atomic E-state index is 4.72. The second kappa shape index (κ2) is 31.7. The van der Waals surface area contributed by atoms with Gasteiger partial charge in [-0.3, -0.25) is 0 Å². The summed E-state index contributed by atoms with van der Waals surface area (Å²) in [4.78, 5) is 0. The molecule has 0 aliphatic heterocycles. The molecule has 1 heteroatoms. The maximum Gasteiger partial charge on any atom is 0.0488 e. The van der Waals surface area contributed by atoms with E-state index in [1.165, 1.54) is 54.1 Å². The first-order valence-electron chi connectivity index (χ1n) is 18.6. The highest BCUT2D eigenvalue weighted by molar-refractivity contribution is 6.25. The summed E-state index contributed by atoms with van der Waals surface area (Å²) in [6.45, 7) is 21.7. The lowest BCUT2D eigenvalue weighted by Crippen LogP contribution is -1.84. The molecule has 0 radical (unpaired) electrons. The molecule has 0 saturated carbocycles. The van der Waals surface area contributed by atoms with E-state index in [2.05, 4.69) is 174 Å². The van der Waals surface area contributed by atoms with Gasteiger partial charge in [-0.15, -0.1) is 19.3 Å². The predicted molar refractivity (Wildman–Crippen MR) is 244 cm³/mol. The average Bonchev–Trinajstić information content (AvgIpc) is 3.56. The van der Waals surface area contributed by atoms with Gasteiger partial charge in [-0.1, -0.05) is 184 Å². The van der Waals surface area contributed by atoms with Gasteiger partial charge in [0.15, 0.2) is 0 Å². The fourth-order valence-electron chi connectivity index (χ4n) is 5.12. The van der Waals surface area contributed by atoms with Crippen LogP contribution in [0.4, 0.5) is 0 Å². The second-order valence-corrected chi connectivity index (χ2v) is 9.29. The van der Waals surface area contributed by atoms with E-state index in [-0.39, 0.29) is 0 Å². The highest BCUT2D eigenvalue weighted by Gasteiger charge is 2.07. The Hall–Kier alpha value is -6.30. The van der Waals surface area contributed by atoms with Crippen molar-refractivity contribution in [3.63, 3.8) is 0 Å². The third kappa shape index (κ3) is 14.5. The Bertz CT molecular complexity index is 2010. The predicted octanol–water partition coefficient (Wildman–Crippen LogP) is 14.5. The van der Waals surface area contributed by atoms with E-state index < -0.39 is 0 Å². The molecule has 0 bridgehead atoms. The zero-order chi connectivity index (χ0) is 40.4. The molecular formula is C52H59N. The van der Waals surface area contributed by atoms with Crippen molar-refractivity contribution in [3.8, 4) is 60.7 Å². The number of terminal acetylenes is 3. The first-order valence-corrected chi connectivity index (χ1v) is 18.6. The fraction of sp³-hybridized carbons (Fsp3) is 0.231. The van der Waals surface area contributed by atoms with Crippen LogP contribution in [0, 0.1) is 60.7 Å².